The molecule has 1 aliphatic rings. The quantitative estimate of drug-likeness (QED) is 0.437. The van der Waals surface area contributed by atoms with Crippen LogP contribution in [0.15, 0.2) is 54.6 Å². The van der Waals surface area contributed by atoms with E-state index >= 15 is 0 Å². The molecule has 0 saturated carbocycles. The maximum Gasteiger partial charge on any atom is 0.286 e. The molecule has 1 saturated heterocycles. The number of amides is 1. The molecule has 0 unspecified atom stereocenters. The van der Waals surface area contributed by atoms with E-state index in [0.29, 0.717) is 6.42 Å². The second-order valence-electron chi connectivity index (χ2n) is 6.78. The number of carbonyl (C=O) groups is 1. The summed E-state index contributed by atoms with van der Waals surface area (Å²) in [7, 11) is 1.40. The summed E-state index contributed by atoms with van der Waals surface area (Å²) in [6, 6.07) is 11.4. The molecular formula is C21H22N2O6. The van der Waals surface area contributed by atoms with Gasteiger partial charge in [0.1, 0.15) is 12.2 Å². The zero-order valence-electron chi connectivity index (χ0n) is 16.0. The van der Waals surface area contributed by atoms with E-state index in [1.54, 1.807) is 0 Å². The number of likely N-dealkylation sites (tertiary alicyclic amines) is 1. The van der Waals surface area contributed by atoms with Crippen LogP contribution in [0.3, 0.4) is 0 Å². The molecule has 0 radical (unpaired) electrons. The minimum Gasteiger partial charge on any atom is -0.493 e. The molecule has 1 heterocycles. The Kier molecular flexibility index (Phi) is 6.13. The minimum absolute atomic E-state index is 0.118. The van der Waals surface area contributed by atoms with E-state index < -0.39 is 16.9 Å². The van der Waals surface area contributed by atoms with Gasteiger partial charge in [0.25, 0.3) is 11.6 Å². The largest absolute Gasteiger partial charge is 0.493 e. The predicted molar refractivity (Wildman–Crippen MR) is 106 cm³/mol. The number of nitrogens with zero attached hydrogens (tertiary/aromatic N) is 2. The van der Waals surface area contributed by atoms with E-state index in [9.17, 15) is 20.0 Å². The lowest BCUT2D eigenvalue weighted by Crippen LogP contribution is -2.38. The van der Waals surface area contributed by atoms with Gasteiger partial charge in [0, 0.05) is 12.6 Å². The lowest BCUT2D eigenvalue weighted by Gasteiger charge is -2.23. The van der Waals surface area contributed by atoms with Crippen LogP contribution in [-0.4, -0.2) is 47.1 Å². The van der Waals surface area contributed by atoms with Crippen LogP contribution >= 0.6 is 0 Å². The molecule has 8 heteroatoms. The molecule has 0 aromatic heterocycles. The first kappa shape index (κ1) is 20.3. The van der Waals surface area contributed by atoms with Crippen molar-refractivity contribution in [1.29, 1.82) is 0 Å². The lowest BCUT2D eigenvalue weighted by atomic mass is 10.1. The maximum absolute atomic E-state index is 13.0. The van der Waals surface area contributed by atoms with Crippen LogP contribution in [0.5, 0.6) is 11.5 Å². The van der Waals surface area contributed by atoms with Crippen molar-refractivity contribution >= 4 is 11.6 Å². The molecule has 1 aliphatic heterocycles. The van der Waals surface area contributed by atoms with Gasteiger partial charge in [0.15, 0.2) is 11.5 Å². The SMILES string of the molecule is C=C1C[C@@H](CO)N(C(=O)c2cc(OC)c(OCc3ccccc3)cc2[N+](=O)[O-])C1. The molecular weight excluding hydrogens is 376 g/mol. The van der Waals surface area contributed by atoms with Crippen molar-refractivity contribution in [2.24, 2.45) is 0 Å². The Balaban J connectivity index is 1.94. The standard InChI is InChI=1S/C21H22N2O6/c1-14-8-16(12-24)22(11-14)21(25)17-9-19(28-2)20(10-18(17)23(26)27)29-13-15-6-4-3-5-7-15/h3-7,9-10,16,24H,1,8,11-13H2,2H3/t16-/m0/s1. The summed E-state index contributed by atoms with van der Waals surface area (Å²) in [5.41, 5.74) is 1.17. The molecule has 0 aliphatic carbocycles. The molecule has 1 fully saturated rings. The Bertz CT molecular complexity index is 928. The number of hydrogen-bond acceptors (Lipinski definition) is 6. The van der Waals surface area contributed by atoms with Gasteiger partial charge in [0.05, 0.1) is 30.7 Å². The second-order valence-corrected chi connectivity index (χ2v) is 6.78. The first-order valence-electron chi connectivity index (χ1n) is 9.06. The minimum atomic E-state index is -0.624. The Hall–Kier alpha value is -3.39. The van der Waals surface area contributed by atoms with Gasteiger partial charge in [-0.15, -0.1) is 0 Å². The van der Waals surface area contributed by atoms with E-state index in [0.717, 1.165) is 11.1 Å². The van der Waals surface area contributed by atoms with Crippen LogP contribution < -0.4 is 9.47 Å². The number of hydrogen-bond donors (Lipinski definition) is 1. The van der Waals surface area contributed by atoms with Crippen LogP contribution in [0.2, 0.25) is 0 Å². The number of methoxy groups -OCH3 is 1. The molecule has 1 atom stereocenters. The molecule has 8 nitrogen and oxygen atoms in total. The fourth-order valence-electron chi connectivity index (χ4n) is 3.31. The second kappa shape index (κ2) is 8.74. The van der Waals surface area contributed by atoms with Gasteiger partial charge in [-0.05, 0) is 12.0 Å². The molecule has 29 heavy (non-hydrogen) atoms. The van der Waals surface area contributed by atoms with Crippen LogP contribution in [0.1, 0.15) is 22.3 Å². The topological polar surface area (TPSA) is 102 Å². The highest BCUT2D eigenvalue weighted by Crippen LogP contribution is 2.37. The van der Waals surface area contributed by atoms with Gasteiger partial charge in [-0.1, -0.05) is 42.5 Å². The van der Waals surface area contributed by atoms with Crippen LogP contribution in [-0.2, 0) is 6.61 Å². The van der Waals surface area contributed by atoms with Crippen molar-refractivity contribution < 1.29 is 24.3 Å². The number of aliphatic hydroxyl groups excluding tert-OH is 1. The molecule has 1 N–H and O–H groups in total. The van der Waals surface area contributed by atoms with Crippen LogP contribution in [0.4, 0.5) is 5.69 Å². The normalized spacial score (nSPS) is 16.0. The number of nitro benzene ring substituents is 1. The highest BCUT2D eigenvalue weighted by atomic mass is 16.6. The number of carbonyl (C=O) groups excluding carboxylic acids is 1. The van der Waals surface area contributed by atoms with Gasteiger partial charge >= 0.3 is 0 Å². The van der Waals surface area contributed by atoms with Crippen molar-refractivity contribution in [3.8, 4) is 11.5 Å². The number of ether oxygens (including phenoxy) is 2. The Labute approximate surface area is 168 Å². The maximum atomic E-state index is 13.0. The monoisotopic (exact) mass is 398 g/mol. The third-order valence-corrected chi connectivity index (χ3v) is 4.78. The average molecular weight is 398 g/mol. The molecule has 152 valence electrons. The number of benzene rings is 2. The van der Waals surface area contributed by atoms with E-state index in [-0.39, 0.29) is 42.5 Å². The zero-order chi connectivity index (χ0) is 21.0. The lowest BCUT2D eigenvalue weighted by molar-refractivity contribution is -0.385. The summed E-state index contributed by atoms with van der Waals surface area (Å²) < 4.78 is 11.0. The van der Waals surface area contributed by atoms with Crippen molar-refractivity contribution in [2.45, 2.75) is 19.1 Å². The van der Waals surface area contributed by atoms with Crippen molar-refractivity contribution in [2.75, 3.05) is 20.3 Å². The van der Waals surface area contributed by atoms with E-state index in [2.05, 4.69) is 6.58 Å². The van der Waals surface area contributed by atoms with E-state index in [1.165, 1.54) is 24.1 Å². The first-order valence-corrected chi connectivity index (χ1v) is 9.06. The molecule has 2 aromatic carbocycles. The summed E-state index contributed by atoms with van der Waals surface area (Å²) in [5.74, 6) is -0.167. The summed E-state index contributed by atoms with van der Waals surface area (Å²) >= 11 is 0. The van der Waals surface area contributed by atoms with E-state index in [1.807, 2.05) is 30.3 Å². The Morgan fingerprint density at radius 3 is 2.66 bits per heavy atom. The molecule has 1 amide bonds. The summed E-state index contributed by atoms with van der Waals surface area (Å²) in [4.78, 5) is 25.4. The fraction of sp³-hybridized carbons (Fsp3) is 0.286. The molecule has 2 aromatic rings. The number of nitro groups is 1. The van der Waals surface area contributed by atoms with Gasteiger partial charge in [-0.3, -0.25) is 14.9 Å². The third-order valence-electron chi connectivity index (χ3n) is 4.78. The average Bonchev–Trinajstić information content (AvgIpc) is 3.12. The summed E-state index contributed by atoms with van der Waals surface area (Å²) in [6.07, 6.45) is 0.464. The first-order chi connectivity index (χ1) is 13.9. The fourth-order valence-corrected chi connectivity index (χ4v) is 3.31. The van der Waals surface area contributed by atoms with Gasteiger partial charge in [-0.25, -0.2) is 0 Å². The summed E-state index contributed by atoms with van der Waals surface area (Å²) in [6.45, 7) is 4.05. The van der Waals surface area contributed by atoms with E-state index in [4.69, 9.17) is 9.47 Å². The molecule has 3 rings (SSSR count). The molecule has 0 bridgehead atoms. The summed E-state index contributed by atoms with van der Waals surface area (Å²) in [5, 5.41) is 21.2. The Morgan fingerprint density at radius 1 is 1.31 bits per heavy atom. The zero-order valence-corrected chi connectivity index (χ0v) is 16.0. The van der Waals surface area contributed by atoms with Gasteiger partial charge in [0.2, 0.25) is 0 Å². The number of aliphatic hydroxyl groups is 1. The van der Waals surface area contributed by atoms with Gasteiger partial charge < -0.3 is 19.5 Å². The highest BCUT2D eigenvalue weighted by molar-refractivity contribution is 5.99. The Morgan fingerprint density at radius 2 is 2.03 bits per heavy atom. The number of rotatable bonds is 7. The van der Waals surface area contributed by atoms with Crippen molar-refractivity contribution in [3.63, 3.8) is 0 Å². The van der Waals surface area contributed by atoms with Crippen LogP contribution in [0.25, 0.3) is 0 Å². The molecule has 0 spiro atoms. The third kappa shape index (κ3) is 4.38. The van der Waals surface area contributed by atoms with Gasteiger partial charge in [-0.2, -0.15) is 0 Å². The van der Waals surface area contributed by atoms with Crippen LogP contribution in [0, 0.1) is 10.1 Å². The smallest absolute Gasteiger partial charge is 0.286 e. The van der Waals surface area contributed by atoms with Crippen molar-refractivity contribution in [3.05, 3.63) is 75.9 Å². The van der Waals surface area contributed by atoms with Crippen molar-refractivity contribution in [1.82, 2.24) is 4.90 Å². The predicted octanol–water partition coefficient (Wildman–Crippen LogP) is 2.95. The highest BCUT2D eigenvalue weighted by Gasteiger charge is 2.35.